The number of rotatable bonds is 47. The van der Waals surface area contributed by atoms with Crippen molar-refractivity contribution in [3.05, 3.63) is 72.9 Å². The molecule has 0 heterocycles. The van der Waals surface area contributed by atoms with Crippen molar-refractivity contribution in [3.63, 3.8) is 0 Å². The maximum Gasteiger partial charge on any atom is 0.306 e. The van der Waals surface area contributed by atoms with Gasteiger partial charge < -0.3 is 33.3 Å². The van der Waals surface area contributed by atoms with Gasteiger partial charge in [-0.25, -0.2) is 0 Å². The third-order valence-corrected chi connectivity index (χ3v) is 10.9. The van der Waals surface area contributed by atoms with E-state index in [2.05, 4.69) is 86.8 Å². The van der Waals surface area contributed by atoms with E-state index in [1.54, 1.807) is 0 Å². The highest BCUT2D eigenvalue weighted by Crippen LogP contribution is 2.14. The van der Waals surface area contributed by atoms with Crippen molar-refractivity contribution in [1.82, 2.24) is 0 Å². The van der Waals surface area contributed by atoms with Crippen LogP contribution >= 0.6 is 0 Å². The lowest BCUT2D eigenvalue weighted by atomic mass is 10.1. The molecule has 9 heteroatoms. The predicted molar refractivity (Wildman–Crippen MR) is 269 cm³/mol. The summed E-state index contributed by atoms with van der Waals surface area (Å²) in [6.45, 7) is 4.60. The molecular weight excluding hydrogens is 815 g/mol. The van der Waals surface area contributed by atoms with Crippen LogP contribution in [0.25, 0.3) is 0 Å². The van der Waals surface area contributed by atoms with Gasteiger partial charge in [-0.15, -0.1) is 0 Å². The quantitative estimate of drug-likeness (QED) is 0.0195. The first-order valence-electron chi connectivity index (χ1n) is 26.1. The number of quaternary nitrogens is 1. The summed E-state index contributed by atoms with van der Waals surface area (Å²) < 4.78 is 22.6. The highest BCUT2D eigenvalue weighted by Gasteiger charge is 2.22. The maximum absolute atomic E-state index is 12.8. The number of hydrogen-bond donors (Lipinski definition) is 0. The number of ether oxygens (including phenoxy) is 4. The number of carboxylic acid groups (broad SMARTS) is 1. The minimum absolute atomic E-state index is 0.141. The molecule has 0 radical (unpaired) electrons. The normalized spacial score (nSPS) is 13.4. The van der Waals surface area contributed by atoms with Gasteiger partial charge in [0, 0.05) is 12.8 Å². The Hall–Kier alpha value is -3.27. The van der Waals surface area contributed by atoms with Gasteiger partial charge in [0.2, 0.25) is 0 Å². The third-order valence-electron chi connectivity index (χ3n) is 10.9. The Morgan fingerprint density at radius 3 is 1.31 bits per heavy atom. The molecular formula is C56H97NO8. The average molecular weight is 912 g/mol. The van der Waals surface area contributed by atoms with Gasteiger partial charge in [-0.1, -0.05) is 183 Å². The van der Waals surface area contributed by atoms with E-state index in [9.17, 15) is 19.5 Å². The molecule has 0 aromatic carbocycles. The molecule has 0 spiro atoms. The Kier molecular flexibility index (Phi) is 44.9. The molecule has 374 valence electrons. The highest BCUT2D eigenvalue weighted by atomic mass is 16.7. The third kappa shape index (κ3) is 48.5. The monoisotopic (exact) mass is 912 g/mol. The summed E-state index contributed by atoms with van der Waals surface area (Å²) in [5, 5.41) is 11.7. The van der Waals surface area contributed by atoms with E-state index in [1.165, 1.54) is 83.5 Å². The summed E-state index contributed by atoms with van der Waals surface area (Å²) >= 11 is 0. The van der Waals surface area contributed by atoms with Crippen LogP contribution in [-0.2, 0) is 33.3 Å². The zero-order chi connectivity index (χ0) is 47.7. The second-order valence-electron chi connectivity index (χ2n) is 18.4. The summed E-state index contributed by atoms with van der Waals surface area (Å²) in [7, 11) is 5.90. The first-order valence-corrected chi connectivity index (χ1v) is 26.1. The van der Waals surface area contributed by atoms with E-state index >= 15 is 0 Å². The number of allylic oxidation sites excluding steroid dienone is 12. The van der Waals surface area contributed by atoms with E-state index < -0.39 is 24.3 Å². The standard InChI is InChI=1S/C56H97NO8/c1-6-8-10-12-14-16-18-20-22-24-26-27-29-30-32-34-36-38-40-42-44-46-53(58)63-50-52(51-64-56(55(60)61)62-49-48-57(3,4)5)65-54(59)47-45-43-41-39-37-35-33-31-28-25-23-21-19-17-15-13-11-9-7-2/h9,11,15,17-18,20-21,23-24,26,28,31,52,56H,6-8,10,12-14,16,19,22,25,27,29-30,32-51H2,1-5H3/b11-9-,17-15-,20-18-,23-21-,26-24-,31-28-. The van der Waals surface area contributed by atoms with Crippen LogP contribution in [0.2, 0.25) is 0 Å². The molecule has 0 N–H and O–H groups in total. The molecule has 0 aliphatic rings. The summed E-state index contributed by atoms with van der Waals surface area (Å²) in [5.41, 5.74) is 0. The fourth-order valence-electron chi connectivity index (χ4n) is 6.91. The molecule has 0 saturated carbocycles. The van der Waals surface area contributed by atoms with Crippen molar-refractivity contribution in [3.8, 4) is 0 Å². The van der Waals surface area contributed by atoms with E-state index in [-0.39, 0.29) is 38.6 Å². The first-order chi connectivity index (χ1) is 31.6. The number of carboxylic acids is 1. The number of hydrogen-bond acceptors (Lipinski definition) is 8. The van der Waals surface area contributed by atoms with Crippen LogP contribution in [0.15, 0.2) is 72.9 Å². The Balaban J connectivity index is 4.37. The van der Waals surface area contributed by atoms with Crippen LogP contribution in [0.3, 0.4) is 0 Å². The fourth-order valence-corrected chi connectivity index (χ4v) is 6.91. The van der Waals surface area contributed by atoms with Crippen molar-refractivity contribution in [2.75, 3.05) is 47.5 Å². The van der Waals surface area contributed by atoms with Crippen molar-refractivity contribution < 1.29 is 42.9 Å². The number of carbonyl (C=O) groups is 3. The number of nitrogens with zero attached hydrogens (tertiary/aromatic N) is 1. The lowest BCUT2D eigenvalue weighted by molar-refractivity contribution is -0.870. The maximum atomic E-state index is 12.8. The zero-order valence-electron chi connectivity index (χ0n) is 42.3. The van der Waals surface area contributed by atoms with Crippen molar-refractivity contribution in [1.29, 1.82) is 0 Å². The first kappa shape index (κ1) is 61.7. The second kappa shape index (κ2) is 47.2. The van der Waals surface area contributed by atoms with Crippen molar-refractivity contribution >= 4 is 17.9 Å². The molecule has 2 atom stereocenters. The van der Waals surface area contributed by atoms with E-state index in [1.807, 2.05) is 21.1 Å². The van der Waals surface area contributed by atoms with Crippen LogP contribution in [0.5, 0.6) is 0 Å². The second-order valence-corrected chi connectivity index (χ2v) is 18.4. The van der Waals surface area contributed by atoms with Crippen molar-refractivity contribution in [2.45, 2.75) is 219 Å². The van der Waals surface area contributed by atoms with Gasteiger partial charge in [-0.2, -0.15) is 0 Å². The van der Waals surface area contributed by atoms with Gasteiger partial charge in [0.25, 0.3) is 0 Å². The smallest absolute Gasteiger partial charge is 0.306 e. The molecule has 0 aliphatic carbocycles. The molecule has 65 heavy (non-hydrogen) atoms. The summed E-state index contributed by atoms with van der Waals surface area (Å²) in [4.78, 5) is 37.2. The van der Waals surface area contributed by atoms with Gasteiger partial charge in [0.15, 0.2) is 12.4 Å². The summed E-state index contributed by atoms with van der Waals surface area (Å²) in [6, 6.07) is 0. The van der Waals surface area contributed by atoms with Gasteiger partial charge in [0.05, 0.1) is 40.3 Å². The van der Waals surface area contributed by atoms with Gasteiger partial charge in [0.1, 0.15) is 13.2 Å². The van der Waals surface area contributed by atoms with Gasteiger partial charge in [-0.05, 0) is 83.5 Å². The topological polar surface area (TPSA) is 111 Å². The number of unbranched alkanes of at least 4 members (excludes halogenated alkanes) is 20. The molecule has 0 bridgehead atoms. The summed E-state index contributed by atoms with van der Waals surface area (Å²) in [5.74, 6) is -2.31. The van der Waals surface area contributed by atoms with E-state index in [4.69, 9.17) is 18.9 Å². The molecule has 9 nitrogen and oxygen atoms in total. The fraction of sp³-hybridized carbons (Fsp3) is 0.732. The highest BCUT2D eigenvalue weighted by molar-refractivity contribution is 5.70. The molecule has 0 saturated heterocycles. The molecule has 0 fully saturated rings. The van der Waals surface area contributed by atoms with E-state index in [0.29, 0.717) is 17.4 Å². The van der Waals surface area contributed by atoms with Crippen LogP contribution < -0.4 is 5.11 Å². The largest absolute Gasteiger partial charge is 0.545 e. The molecule has 0 aliphatic heterocycles. The van der Waals surface area contributed by atoms with Crippen LogP contribution in [0, 0.1) is 0 Å². The molecule has 0 aromatic rings. The molecule has 2 unspecified atom stereocenters. The van der Waals surface area contributed by atoms with Crippen LogP contribution in [0.4, 0.5) is 0 Å². The average Bonchev–Trinajstić information content (AvgIpc) is 3.27. The number of likely N-dealkylation sites (N-methyl/N-ethyl adjacent to an activating group) is 1. The Morgan fingerprint density at radius 2 is 0.877 bits per heavy atom. The zero-order valence-corrected chi connectivity index (χ0v) is 42.3. The lowest BCUT2D eigenvalue weighted by Crippen LogP contribution is -2.44. The van der Waals surface area contributed by atoms with Crippen LogP contribution in [-0.4, -0.2) is 82.3 Å². The Labute approximate surface area is 398 Å². The lowest BCUT2D eigenvalue weighted by Gasteiger charge is -2.26. The van der Waals surface area contributed by atoms with Gasteiger partial charge >= 0.3 is 11.9 Å². The number of aliphatic carboxylic acids is 1. The number of carbonyl (C=O) groups excluding carboxylic acids is 3. The SMILES string of the molecule is CC/C=C\C/C=C\C/C=C\C/C=C\CCCCCCCCC(=O)OC(COC(=O)CCCCCCCCCCC/C=C\C/C=C\CCCCCCC)COC(OCC[N+](C)(C)C)C(=O)[O-]. The van der Waals surface area contributed by atoms with Crippen LogP contribution in [0.1, 0.15) is 206 Å². The van der Waals surface area contributed by atoms with E-state index in [0.717, 1.165) is 89.9 Å². The Bertz CT molecular complexity index is 1290. The summed E-state index contributed by atoms with van der Waals surface area (Å²) in [6.07, 6.45) is 56.4. The minimum Gasteiger partial charge on any atom is -0.545 e. The molecule has 0 rings (SSSR count). The molecule has 0 amide bonds. The van der Waals surface area contributed by atoms with Crippen molar-refractivity contribution in [2.24, 2.45) is 0 Å². The number of esters is 2. The molecule has 0 aromatic heterocycles. The van der Waals surface area contributed by atoms with Gasteiger partial charge in [-0.3, -0.25) is 9.59 Å². The minimum atomic E-state index is -1.63. The Morgan fingerprint density at radius 1 is 0.477 bits per heavy atom. The predicted octanol–water partition coefficient (Wildman–Crippen LogP) is 13.3.